The van der Waals surface area contributed by atoms with Crippen molar-refractivity contribution in [3.8, 4) is 0 Å². The van der Waals surface area contributed by atoms with Gasteiger partial charge in [-0.2, -0.15) is 0 Å². The van der Waals surface area contributed by atoms with E-state index in [0.29, 0.717) is 5.88 Å². The summed E-state index contributed by atoms with van der Waals surface area (Å²) in [6.07, 6.45) is 5.06. The summed E-state index contributed by atoms with van der Waals surface area (Å²) in [5.41, 5.74) is 2.66. The van der Waals surface area contributed by atoms with Crippen LogP contribution in [0, 0.1) is 6.92 Å². The van der Waals surface area contributed by atoms with E-state index < -0.39 is 0 Å². The molecule has 0 N–H and O–H groups in total. The van der Waals surface area contributed by atoms with Gasteiger partial charge >= 0.3 is 0 Å². The number of allylic oxidation sites excluding steroid dienone is 2. The van der Waals surface area contributed by atoms with Crippen LogP contribution in [0.4, 0.5) is 0 Å². The molecule has 0 aromatic heterocycles. The Labute approximate surface area is 78.9 Å². The zero-order valence-electron chi connectivity index (χ0n) is 7.26. The molecule has 1 heteroatoms. The van der Waals surface area contributed by atoms with Gasteiger partial charge in [0.05, 0.1) is 0 Å². The van der Waals surface area contributed by atoms with Gasteiger partial charge in [-0.3, -0.25) is 0 Å². The molecule has 0 atom stereocenters. The largest absolute Gasteiger partial charge is 0.122 e. The molecule has 0 saturated heterocycles. The number of hydrogen-bond donors (Lipinski definition) is 0. The lowest BCUT2D eigenvalue weighted by atomic mass is 10.1. The number of benzene rings is 1. The first-order valence-corrected chi connectivity index (χ1v) is 4.63. The zero-order valence-corrected chi connectivity index (χ0v) is 8.01. The predicted octanol–water partition coefficient (Wildman–Crippen LogP) is 3.33. The predicted molar refractivity (Wildman–Crippen MR) is 54.7 cm³/mol. The van der Waals surface area contributed by atoms with Gasteiger partial charge in [-0.05, 0) is 18.9 Å². The summed E-state index contributed by atoms with van der Waals surface area (Å²) >= 11 is 5.51. The summed E-state index contributed by atoms with van der Waals surface area (Å²) in [6, 6.07) is 8.51. The molecule has 0 amide bonds. The van der Waals surface area contributed by atoms with Crippen LogP contribution in [0.25, 0.3) is 0 Å². The van der Waals surface area contributed by atoms with Gasteiger partial charge in [0, 0.05) is 5.88 Å². The maximum absolute atomic E-state index is 5.51. The lowest BCUT2D eigenvalue weighted by Crippen LogP contribution is -1.81. The van der Waals surface area contributed by atoms with E-state index in [0.717, 1.165) is 6.42 Å². The highest BCUT2D eigenvalue weighted by Crippen LogP contribution is 2.04. The van der Waals surface area contributed by atoms with Gasteiger partial charge in [0.25, 0.3) is 0 Å². The van der Waals surface area contributed by atoms with Crippen LogP contribution in [-0.4, -0.2) is 5.88 Å². The van der Waals surface area contributed by atoms with E-state index in [1.54, 1.807) is 0 Å². The molecule has 1 aromatic rings. The van der Waals surface area contributed by atoms with E-state index >= 15 is 0 Å². The summed E-state index contributed by atoms with van der Waals surface area (Å²) in [6.45, 7) is 2.11. The Kier molecular flexibility index (Phi) is 3.89. The second kappa shape index (κ2) is 5.00. The molecule has 0 bridgehead atoms. The van der Waals surface area contributed by atoms with Crippen molar-refractivity contribution < 1.29 is 0 Å². The third kappa shape index (κ3) is 3.10. The normalized spacial score (nSPS) is 10.8. The molecule has 1 aromatic carbocycles. The van der Waals surface area contributed by atoms with Gasteiger partial charge in [0.1, 0.15) is 0 Å². The highest BCUT2D eigenvalue weighted by Gasteiger charge is 1.88. The lowest BCUT2D eigenvalue weighted by molar-refractivity contribution is 1.24. The Hall–Kier alpha value is -0.750. The minimum absolute atomic E-state index is 0.603. The van der Waals surface area contributed by atoms with Crippen molar-refractivity contribution in [1.82, 2.24) is 0 Å². The van der Waals surface area contributed by atoms with Crippen LogP contribution in [0.1, 0.15) is 11.1 Å². The first-order valence-electron chi connectivity index (χ1n) is 4.09. The van der Waals surface area contributed by atoms with Gasteiger partial charge in [0.15, 0.2) is 0 Å². The van der Waals surface area contributed by atoms with Crippen LogP contribution >= 0.6 is 11.6 Å². The smallest absolute Gasteiger partial charge is 0.0404 e. The summed E-state index contributed by atoms with van der Waals surface area (Å²) in [5.74, 6) is 0.603. The Bertz CT molecular complexity index is 263. The topological polar surface area (TPSA) is 0 Å². The van der Waals surface area contributed by atoms with Crippen molar-refractivity contribution in [3.63, 3.8) is 0 Å². The highest BCUT2D eigenvalue weighted by molar-refractivity contribution is 6.18. The van der Waals surface area contributed by atoms with Crippen LogP contribution in [0.2, 0.25) is 0 Å². The molecule has 0 saturated carbocycles. The summed E-state index contributed by atoms with van der Waals surface area (Å²) in [7, 11) is 0. The molecule has 0 radical (unpaired) electrons. The van der Waals surface area contributed by atoms with E-state index in [1.807, 2.05) is 6.08 Å². The van der Waals surface area contributed by atoms with Crippen LogP contribution in [-0.2, 0) is 6.42 Å². The first-order chi connectivity index (χ1) is 5.83. The molecule has 0 spiro atoms. The maximum atomic E-state index is 5.51. The van der Waals surface area contributed by atoms with E-state index in [4.69, 9.17) is 11.6 Å². The van der Waals surface area contributed by atoms with E-state index in [1.165, 1.54) is 11.1 Å². The number of rotatable bonds is 3. The number of aryl methyl sites for hydroxylation is 1. The molecule has 0 fully saturated rings. The molecule has 64 valence electrons. The van der Waals surface area contributed by atoms with Crippen molar-refractivity contribution >= 4 is 11.6 Å². The number of hydrogen-bond acceptors (Lipinski definition) is 0. The Morgan fingerprint density at radius 2 is 2.17 bits per heavy atom. The Morgan fingerprint density at radius 1 is 1.33 bits per heavy atom. The average Bonchev–Trinajstić information content (AvgIpc) is 2.05. The van der Waals surface area contributed by atoms with Gasteiger partial charge in [-0.15, -0.1) is 11.6 Å². The Morgan fingerprint density at radius 3 is 2.83 bits per heavy atom. The summed E-state index contributed by atoms with van der Waals surface area (Å²) in [4.78, 5) is 0. The van der Waals surface area contributed by atoms with Crippen molar-refractivity contribution in [2.75, 3.05) is 5.88 Å². The quantitative estimate of drug-likeness (QED) is 0.495. The zero-order chi connectivity index (χ0) is 8.81. The average molecular weight is 181 g/mol. The molecule has 0 aliphatic rings. The highest BCUT2D eigenvalue weighted by atomic mass is 35.5. The van der Waals surface area contributed by atoms with E-state index in [2.05, 4.69) is 37.3 Å². The van der Waals surface area contributed by atoms with Crippen molar-refractivity contribution in [2.45, 2.75) is 13.3 Å². The van der Waals surface area contributed by atoms with Crippen molar-refractivity contribution in [3.05, 3.63) is 47.5 Å². The molecule has 0 aliphatic heterocycles. The molecule has 12 heavy (non-hydrogen) atoms. The second-order valence-corrected chi connectivity index (χ2v) is 3.13. The molecule has 0 unspecified atom stereocenters. The van der Waals surface area contributed by atoms with Gasteiger partial charge in [-0.25, -0.2) is 0 Å². The number of halogens is 1. The van der Waals surface area contributed by atoms with Crippen molar-refractivity contribution in [2.24, 2.45) is 0 Å². The Balaban J connectivity index is 2.57. The molecule has 0 heterocycles. The minimum atomic E-state index is 0.603. The van der Waals surface area contributed by atoms with Crippen molar-refractivity contribution in [1.29, 1.82) is 0 Å². The molecule has 0 aliphatic carbocycles. The summed E-state index contributed by atoms with van der Waals surface area (Å²) in [5, 5.41) is 0. The molecule has 1 rings (SSSR count). The fraction of sp³-hybridized carbons (Fsp3) is 0.273. The van der Waals surface area contributed by atoms with Gasteiger partial charge in [-0.1, -0.05) is 42.0 Å². The molecular weight excluding hydrogens is 168 g/mol. The minimum Gasteiger partial charge on any atom is -0.122 e. The van der Waals surface area contributed by atoms with Crippen LogP contribution in [0.5, 0.6) is 0 Å². The van der Waals surface area contributed by atoms with Crippen LogP contribution < -0.4 is 0 Å². The fourth-order valence-corrected chi connectivity index (χ4v) is 1.25. The van der Waals surface area contributed by atoms with E-state index in [-0.39, 0.29) is 0 Å². The first kappa shape index (κ1) is 9.34. The fourth-order valence-electron chi connectivity index (χ4n) is 1.12. The van der Waals surface area contributed by atoms with E-state index in [9.17, 15) is 0 Å². The van der Waals surface area contributed by atoms with Gasteiger partial charge in [0.2, 0.25) is 0 Å². The standard InChI is InChI=1S/C11H13Cl/c1-10-5-4-7-11(9-10)6-2-3-8-12/h2-5,7,9H,6,8H2,1H3/b3-2+. The molecular formula is C11H13Cl. The number of alkyl halides is 1. The third-order valence-electron chi connectivity index (χ3n) is 1.69. The lowest BCUT2D eigenvalue weighted by Gasteiger charge is -1.97. The third-order valence-corrected chi connectivity index (χ3v) is 1.87. The van der Waals surface area contributed by atoms with Crippen LogP contribution in [0.3, 0.4) is 0 Å². The van der Waals surface area contributed by atoms with Crippen LogP contribution in [0.15, 0.2) is 36.4 Å². The second-order valence-electron chi connectivity index (χ2n) is 2.82. The monoisotopic (exact) mass is 180 g/mol. The van der Waals surface area contributed by atoms with Gasteiger partial charge < -0.3 is 0 Å². The molecule has 0 nitrogen and oxygen atoms in total. The summed E-state index contributed by atoms with van der Waals surface area (Å²) < 4.78 is 0. The SMILES string of the molecule is Cc1cccc(C/C=C/CCl)c1. The maximum Gasteiger partial charge on any atom is 0.0404 e.